The molecule has 1 aromatic heterocycles. The molecule has 6 nitrogen and oxygen atoms in total. The number of carbonyl (C=O) groups excluding carboxylic acids is 2. The molecule has 9 heteroatoms. The Morgan fingerprint density at radius 2 is 1.81 bits per heavy atom. The molecule has 1 N–H and O–H groups in total. The summed E-state index contributed by atoms with van der Waals surface area (Å²) in [5.41, 5.74) is 1.36. The van der Waals surface area contributed by atoms with Crippen molar-refractivity contribution in [3.63, 3.8) is 0 Å². The van der Waals surface area contributed by atoms with Crippen LogP contribution in [0.5, 0.6) is 0 Å². The summed E-state index contributed by atoms with van der Waals surface area (Å²) in [4.78, 5) is 25.1. The monoisotopic (exact) mass is 384 g/mol. The summed E-state index contributed by atoms with van der Waals surface area (Å²) in [7, 11) is 1.49. The van der Waals surface area contributed by atoms with Crippen molar-refractivity contribution in [2.75, 3.05) is 20.2 Å². The highest BCUT2D eigenvalue weighted by molar-refractivity contribution is 5.94. The maximum absolute atomic E-state index is 12.0. The number of benzene rings is 1. The number of carbonyl (C=O) groups is 2. The Bertz CT molecular complexity index is 743. The molecule has 0 radical (unpaired) electrons. The van der Waals surface area contributed by atoms with Gasteiger partial charge in [-0.15, -0.1) is 0 Å². The second-order valence-corrected chi connectivity index (χ2v) is 5.84. The molecule has 1 aromatic carbocycles. The molecule has 0 spiro atoms. The van der Waals surface area contributed by atoms with E-state index in [9.17, 15) is 22.8 Å². The summed E-state index contributed by atoms with van der Waals surface area (Å²) in [6.45, 7) is -1.35. The summed E-state index contributed by atoms with van der Waals surface area (Å²) >= 11 is 0. The third kappa shape index (κ3) is 7.14. The number of amides is 2. The number of alkyl halides is 3. The van der Waals surface area contributed by atoms with E-state index in [-0.39, 0.29) is 31.4 Å². The van der Waals surface area contributed by atoms with Gasteiger partial charge in [-0.05, 0) is 23.3 Å². The second-order valence-electron chi connectivity index (χ2n) is 5.84. The second kappa shape index (κ2) is 9.22. The topological polar surface area (TPSA) is 71.8 Å². The van der Waals surface area contributed by atoms with Crippen LogP contribution in [0.4, 0.5) is 13.2 Å². The van der Waals surface area contributed by atoms with Crippen molar-refractivity contribution >= 4 is 11.8 Å². The molecular formula is C18H19F3N2O4. The fourth-order valence-corrected chi connectivity index (χ4v) is 2.17. The number of rotatable bonds is 8. The van der Waals surface area contributed by atoms with Crippen molar-refractivity contribution < 1.29 is 31.9 Å². The standard InChI is InChI=1S/C18H19F3N2O4/c1-23(17(25)15-3-2-8-27-15)10-16(24)22-9-13-4-6-14(7-5-13)11-26-12-18(19,20)21/h2-8H,9-12H2,1H3,(H,22,24). The first-order valence-corrected chi connectivity index (χ1v) is 8.02. The van der Waals surface area contributed by atoms with Crippen LogP contribution in [0.1, 0.15) is 21.7 Å². The van der Waals surface area contributed by atoms with E-state index in [0.29, 0.717) is 5.56 Å². The third-order valence-electron chi connectivity index (χ3n) is 3.51. The van der Waals surface area contributed by atoms with E-state index in [1.807, 2.05) is 0 Å². The van der Waals surface area contributed by atoms with Gasteiger partial charge in [0.25, 0.3) is 5.91 Å². The lowest BCUT2D eigenvalue weighted by molar-refractivity contribution is -0.176. The van der Waals surface area contributed by atoms with Crippen molar-refractivity contribution in [1.82, 2.24) is 10.2 Å². The first-order chi connectivity index (χ1) is 12.7. The molecule has 27 heavy (non-hydrogen) atoms. The Balaban J connectivity index is 1.74. The summed E-state index contributed by atoms with van der Waals surface area (Å²) in [6.07, 6.45) is -2.98. The average molecular weight is 384 g/mol. The lowest BCUT2D eigenvalue weighted by Gasteiger charge is -2.15. The summed E-state index contributed by atoms with van der Waals surface area (Å²) in [5, 5.41) is 2.67. The summed E-state index contributed by atoms with van der Waals surface area (Å²) in [6, 6.07) is 9.72. The van der Waals surface area contributed by atoms with Crippen LogP contribution in [0, 0.1) is 0 Å². The van der Waals surface area contributed by atoms with Crippen molar-refractivity contribution in [2.45, 2.75) is 19.3 Å². The number of halogens is 3. The highest BCUT2D eigenvalue weighted by atomic mass is 19.4. The zero-order valence-electron chi connectivity index (χ0n) is 14.6. The molecule has 0 atom stereocenters. The zero-order chi connectivity index (χ0) is 19.9. The van der Waals surface area contributed by atoms with Gasteiger partial charge in [0.2, 0.25) is 5.91 Å². The minimum absolute atomic E-state index is 0.136. The molecule has 0 saturated carbocycles. The number of nitrogens with one attached hydrogen (secondary N) is 1. The maximum atomic E-state index is 12.0. The third-order valence-corrected chi connectivity index (χ3v) is 3.51. The maximum Gasteiger partial charge on any atom is 0.411 e. The lowest BCUT2D eigenvalue weighted by Crippen LogP contribution is -2.38. The van der Waals surface area contributed by atoms with Crippen LogP contribution in [0.25, 0.3) is 0 Å². The van der Waals surface area contributed by atoms with E-state index in [2.05, 4.69) is 10.1 Å². The van der Waals surface area contributed by atoms with Crippen molar-refractivity contribution in [3.05, 3.63) is 59.5 Å². The molecule has 146 valence electrons. The molecule has 0 aliphatic heterocycles. The molecule has 0 fully saturated rings. The Morgan fingerprint density at radius 1 is 1.15 bits per heavy atom. The van der Waals surface area contributed by atoms with Crippen LogP contribution in [-0.2, 0) is 22.7 Å². The largest absolute Gasteiger partial charge is 0.459 e. The SMILES string of the molecule is CN(CC(=O)NCc1ccc(COCC(F)(F)F)cc1)C(=O)c1ccco1. The van der Waals surface area contributed by atoms with E-state index < -0.39 is 18.7 Å². The van der Waals surface area contributed by atoms with E-state index in [1.54, 1.807) is 30.3 Å². The highest BCUT2D eigenvalue weighted by Crippen LogP contribution is 2.15. The minimum Gasteiger partial charge on any atom is -0.459 e. The summed E-state index contributed by atoms with van der Waals surface area (Å²) < 4.78 is 45.6. The normalized spacial score (nSPS) is 11.3. The van der Waals surface area contributed by atoms with Gasteiger partial charge in [0.1, 0.15) is 6.61 Å². The number of hydrogen-bond donors (Lipinski definition) is 1. The quantitative estimate of drug-likeness (QED) is 0.760. The Labute approximate surface area is 153 Å². The molecule has 2 aromatic rings. The van der Waals surface area contributed by atoms with E-state index >= 15 is 0 Å². The molecule has 0 saturated heterocycles. The Hall–Kier alpha value is -2.81. The fourth-order valence-electron chi connectivity index (χ4n) is 2.17. The molecule has 0 aliphatic carbocycles. The molecule has 0 bridgehead atoms. The van der Waals surface area contributed by atoms with Crippen LogP contribution >= 0.6 is 0 Å². The predicted molar refractivity (Wildman–Crippen MR) is 89.7 cm³/mol. The van der Waals surface area contributed by atoms with Gasteiger partial charge < -0.3 is 19.4 Å². The van der Waals surface area contributed by atoms with Gasteiger partial charge in [-0.25, -0.2) is 0 Å². The van der Waals surface area contributed by atoms with Crippen LogP contribution in [0.3, 0.4) is 0 Å². The van der Waals surface area contributed by atoms with Gasteiger partial charge in [-0.3, -0.25) is 9.59 Å². The Morgan fingerprint density at radius 3 is 2.41 bits per heavy atom. The average Bonchev–Trinajstić information content (AvgIpc) is 3.14. The van der Waals surface area contributed by atoms with E-state index in [1.165, 1.54) is 24.3 Å². The van der Waals surface area contributed by atoms with Gasteiger partial charge >= 0.3 is 6.18 Å². The first-order valence-electron chi connectivity index (χ1n) is 8.02. The van der Waals surface area contributed by atoms with Crippen LogP contribution in [-0.4, -0.2) is 43.1 Å². The highest BCUT2D eigenvalue weighted by Gasteiger charge is 2.27. The van der Waals surface area contributed by atoms with Gasteiger partial charge in [0.05, 0.1) is 19.4 Å². The number of nitrogens with zero attached hydrogens (tertiary/aromatic N) is 1. The Kier molecular flexibility index (Phi) is 7.00. The number of ether oxygens (including phenoxy) is 1. The number of furan rings is 1. The predicted octanol–water partition coefficient (Wildman–Crippen LogP) is 2.75. The molecule has 0 unspecified atom stereocenters. The molecule has 2 amide bonds. The number of likely N-dealkylation sites (N-methyl/N-ethyl adjacent to an activating group) is 1. The molecule has 1 heterocycles. The van der Waals surface area contributed by atoms with Crippen molar-refractivity contribution in [2.24, 2.45) is 0 Å². The molecule has 2 rings (SSSR count). The van der Waals surface area contributed by atoms with Crippen LogP contribution in [0.2, 0.25) is 0 Å². The lowest BCUT2D eigenvalue weighted by atomic mass is 10.1. The van der Waals surface area contributed by atoms with Crippen molar-refractivity contribution in [1.29, 1.82) is 0 Å². The van der Waals surface area contributed by atoms with E-state index in [4.69, 9.17) is 4.42 Å². The number of hydrogen-bond acceptors (Lipinski definition) is 4. The first kappa shape index (κ1) is 20.5. The van der Waals surface area contributed by atoms with Gasteiger partial charge in [-0.2, -0.15) is 13.2 Å². The summed E-state index contributed by atoms with van der Waals surface area (Å²) in [5.74, 6) is -0.609. The zero-order valence-corrected chi connectivity index (χ0v) is 14.6. The van der Waals surface area contributed by atoms with Crippen LogP contribution in [0.15, 0.2) is 47.1 Å². The fraction of sp³-hybridized carbons (Fsp3) is 0.333. The van der Waals surface area contributed by atoms with Gasteiger partial charge in [0, 0.05) is 13.6 Å². The van der Waals surface area contributed by atoms with Gasteiger partial charge in [-0.1, -0.05) is 24.3 Å². The minimum atomic E-state index is -4.35. The molecular weight excluding hydrogens is 365 g/mol. The smallest absolute Gasteiger partial charge is 0.411 e. The van der Waals surface area contributed by atoms with Gasteiger partial charge in [0.15, 0.2) is 5.76 Å². The van der Waals surface area contributed by atoms with E-state index in [0.717, 1.165) is 5.56 Å². The molecule has 0 aliphatic rings. The van der Waals surface area contributed by atoms with Crippen LogP contribution < -0.4 is 5.32 Å². The van der Waals surface area contributed by atoms with Crippen molar-refractivity contribution in [3.8, 4) is 0 Å².